The Labute approximate surface area is 177 Å². The van der Waals surface area contributed by atoms with Crippen LogP contribution in [-0.2, 0) is 38.6 Å². The lowest BCUT2D eigenvalue weighted by molar-refractivity contribution is -0.745. The summed E-state index contributed by atoms with van der Waals surface area (Å²) in [7, 11) is -15.2. The number of fused-ring (bicyclic) bond motifs is 1. The number of nitrogens with one attached hydrogen (secondary N) is 1. The van der Waals surface area contributed by atoms with Gasteiger partial charge in [-0.15, -0.1) is 0 Å². The van der Waals surface area contributed by atoms with Crippen LogP contribution in [0.1, 0.15) is 6.23 Å². The van der Waals surface area contributed by atoms with E-state index in [0.717, 1.165) is 6.33 Å². The first-order valence-electron chi connectivity index (χ1n) is 8.34. The topological polar surface area (TPSA) is 264 Å². The van der Waals surface area contributed by atoms with Gasteiger partial charge in [0.1, 0.15) is 18.3 Å². The summed E-state index contributed by atoms with van der Waals surface area (Å²) in [6, 6.07) is 0. The van der Waals surface area contributed by atoms with Gasteiger partial charge in [0.05, 0.1) is 13.7 Å². The molecule has 2 aromatic heterocycles. The van der Waals surface area contributed by atoms with Gasteiger partial charge in [-0.3, -0.25) is 18.9 Å². The van der Waals surface area contributed by atoms with Crippen LogP contribution in [0.15, 0.2) is 17.4 Å². The van der Waals surface area contributed by atoms with Gasteiger partial charge < -0.3 is 34.5 Å². The number of aliphatic hydroxyl groups is 2. The third-order valence-corrected chi connectivity index (χ3v) is 7.94. The lowest BCUT2D eigenvalue weighted by Gasteiger charge is -2.18. The highest BCUT2D eigenvalue weighted by atomic mass is 31.3. The molecule has 2 aromatic rings. The summed E-state index contributed by atoms with van der Waals surface area (Å²) in [6.07, 6.45) is -3.68. The quantitative estimate of drug-likeness (QED) is 0.139. The lowest BCUT2D eigenvalue weighted by Crippen LogP contribution is -2.46. The minimum Gasteiger partial charge on any atom is -0.387 e. The van der Waals surface area contributed by atoms with Gasteiger partial charge in [-0.05, 0) is 0 Å². The molecule has 3 heterocycles. The SMILES string of the molecule is Cn1c[n+]([C@@H]2O[C@H](COP(=O)(O)OP(=O)(O)OP(=O)(O)O)[C@@H](O)[C@H]2O)c2nc[nH]c(=O)c21. The molecular weight excluding hydrogens is 505 g/mol. The average Bonchev–Trinajstić information content (AvgIpc) is 3.09. The molecule has 0 spiro atoms. The number of hydrogen-bond donors (Lipinski definition) is 7. The fraction of sp³-hybridized carbons (Fsp3) is 0.545. The second kappa shape index (κ2) is 8.77. The molecule has 0 aliphatic carbocycles. The summed E-state index contributed by atoms with van der Waals surface area (Å²) in [5.41, 5.74) is -0.288. The number of aromatic nitrogens is 4. The van der Waals surface area contributed by atoms with E-state index in [4.69, 9.17) is 19.4 Å². The number of phosphoric acid groups is 3. The maximum atomic E-state index is 12.0. The minimum atomic E-state index is -5.72. The zero-order valence-corrected chi connectivity index (χ0v) is 18.5. The van der Waals surface area contributed by atoms with E-state index in [1.54, 1.807) is 0 Å². The predicted octanol–water partition coefficient (Wildman–Crippen LogP) is -2.49. The summed E-state index contributed by atoms with van der Waals surface area (Å²) in [4.78, 5) is 54.0. The zero-order chi connectivity index (χ0) is 24.1. The molecule has 1 fully saturated rings. The van der Waals surface area contributed by atoms with Crippen molar-refractivity contribution in [2.75, 3.05) is 6.61 Å². The molecule has 32 heavy (non-hydrogen) atoms. The molecule has 0 aromatic carbocycles. The summed E-state index contributed by atoms with van der Waals surface area (Å²) in [6.45, 7) is -0.974. The average molecular weight is 523 g/mol. The Kier molecular flexibility index (Phi) is 6.93. The van der Waals surface area contributed by atoms with Gasteiger partial charge in [-0.25, -0.2) is 18.3 Å². The van der Waals surface area contributed by atoms with Crippen molar-refractivity contribution < 1.29 is 65.9 Å². The van der Waals surface area contributed by atoms with Crippen molar-refractivity contribution in [1.82, 2.24) is 14.5 Å². The van der Waals surface area contributed by atoms with Gasteiger partial charge >= 0.3 is 29.1 Å². The Hall–Kier alpha value is -1.36. The van der Waals surface area contributed by atoms with Crippen molar-refractivity contribution in [1.29, 1.82) is 0 Å². The van der Waals surface area contributed by atoms with Crippen LogP contribution in [0.25, 0.3) is 11.2 Å². The largest absolute Gasteiger partial charge is 0.490 e. The Morgan fingerprint density at radius 2 is 1.81 bits per heavy atom. The van der Waals surface area contributed by atoms with E-state index in [1.807, 2.05) is 0 Å². The second-order valence-electron chi connectivity index (χ2n) is 6.47. The van der Waals surface area contributed by atoms with Crippen molar-refractivity contribution in [2.45, 2.75) is 24.5 Å². The number of aromatic amines is 1. The Morgan fingerprint density at radius 1 is 1.16 bits per heavy atom. The van der Waals surface area contributed by atoms with Gasteiger partial charge in [0, 0.05) is 0 Å². The van der Waals surface area contributed by atoms with Crippen LogP contribution in [0, 0.1) is 0 Å². The van der Waals surface area contributed by atoms with Crippen LogP contribution < -0.4 is 10.1 Å². The van der Waals surface area contributed by atoms with E-state index < -0.39 is 60.2 Å². The number of rotatable bonds is 8. The van der Waals surface area contributed by atoms with E-state index in [-0.39, 0.29) is 11.2 Å². The first-order valence-corrected chi connectivity index (χ1v) is 12.9. The Bertz CT molecular complexity index is 1210. The molecule has 180 valence electrons. The number of ether oxygens (including phenoxy) is 1. The molecule has 18 nitrogen and oxygen atoms in total. The maximum absolute atomic E-state index is 12.0. The van der Waals surface area contributed by atoms with Gasteiger partial charge in [-0.1, -0.05) is 4.98 Å². The maximum Gasteiger partial charge on any atom is 0.490 e. The highest BCUT2D eigenvalue weighted by Crippen LogP contribution is 2.66. The number of H-pyrrole nitrogens is 1. The minimum absolute atomic E-state index is 0.0843. The van der Waals surface area contributed by atoms with E-state index >= 15 is 0 Å². The van der Waals surface area contributed by atoms with Gasteiger partial charge in [0.2, 0.25) is 11.7 Å². The molecule has 0 saturated carbocycles. The Balaban J connectivity index is 1.73. The second-order valence-corrected chi connectivity index (χ2v) is 10.9. The monoisotopic (exact) mass is 523 g/mol. The van der Waals surface area contributed by atoms with E-state index in [9.17, 15) is 33.6 Å². The molecule has 0 radical (unpaired) electrons. The lowest BCUT2D eigenvalue weighted by atomic mass is 10.1. The van der Waals surface area contributed by atoms with Crippen molar-refractivity contribution in [3.05, 3.63) is 23.0 Å². The number of imidazole rings is 1. The standard InChI is InChI=1S/C11H17N4O14P3/c1-14-4-15(9-6(14)10(18)13-3-12-9)11-8(17)7(16)5(27-11)2-26-31(22,23)29-32(24,25)28-30(19,20)21/h3-5,7-8,11,16-17H,2H2,1H3,(H4-,12,13,18,19,20,21,22,23,24,25)/p+1/t5-,7-,8-,11-/m1/s1. The number of aryl methyl sites for hydroxylation is 1. The predicted molar refractivity (Wildman–Crippen MR) is 97.3 cm³/mol. The fourth-order valence-corrected chi connectivity index (χ4v) is 5.97. The van der Waals surface area contributed by atoms with Crippen molar-refractivity contribution in [2.24, 2.45) is 7.05 Å². The summed E-state index contributed by atoms with van der Waals surface area (Å²) in [5.74, 6) is 0. The van der Waals surface area contributed by atoms with Gasteiger partial charge in [0.25, 0.3) is 5.56 Å². The van der Waals surface area contributed by atoms with Crippen LogP contribution in [0.2, 0.25) is 0 Å². The van der Waals surface area contributed by atoms with Gasteiger partial charge in [-0.2, -0.15) is 8.62 Å². The third-order valence-electron chi connectivity index (χ3n) is 4.13. The van der Waals surface area contributed by atoms with Crippen molar-refractivity contribution >= 4 is 34.6 Å². The van der Waals surface area contributed by atoms with Crippen LogP contribution in [-0.4, -0.2) is 69.2 Å². The molecule has 2 unspecified atom stereocenters. The molecule has 1 saturated heterocycles. The van der Waals surface area contributed by atoms with E-state index in [2.05, 4.69) is 23.1 Å². The van der Waals surface area contributed by atoms with Crippen LogP contribution in [0.3, 0.4) is 0 Å². The van der Waals surface area contributed by atoms with E-state index in [1.165, 1.54) is 22.5 Å². The van der Waals surface area contributed by atoms with Crippen molar-refractivity contribution in [3.63, 3.8) is 0 Å². The van der Waals surface area contributed by atoms with Gasteiger partial charge in [0.15, 0.2) is 12.7 Å². The highest BCUT2D eigenvalue weighted by molar-refractivity contribution is 7.66. The molecule has 0 bridgehead atoms. The first-order chi connectivity index (χ1) is 14.6. The molecule has 0 amide bonds. The summed E-state index contributed by atoms with van der Waals surface area (Å²) < 4.78 is 53.4. The molecule has 1 aliphatic heterocycles. The molecular formula is C11H18N4O14P3+. The fourth-order valence-electron chi connectivity index (χ4n) is 2.94. The van der Waals surface area contributed by atoms with E-state index in [0.29, 0.717) is 0 Å². The summed E-state index contributed by atoms with van der Waals surface area (Å²) >= 11 is 0. The third kappa shape index (κ3) is 5.58. The highest BCUT2D eigenvalue weighted by Gasteiger charge is 2.48. The number of hydrogen-bond acceptors (Lipinski definition) is 11. The smallest absolute Gasteiger partial charge is 0.387 e. The molecule has 3 rings (SSSR count). The zero-order valence-electron chi connectivity index (χ0n) is 15.8. The number of nitrogens with zero attached hydrogens (tertiary/aromatic N) is 3. The van der Waals surface area contributed by atoms with Crippen LogP contribution in [0.4, 0.5) is 0 Å². The molecule has 7 N–H and O–H groups in total. The van der Waals surface area contributed by atoms with Crippen LogP contribution in [0.5, 0.6) is 0 Å². The summed E-state index contributed by atoms with van der Waals surface area (Å²) in [5, 5.41) is 20.5. The van der Waals surface area contributed by atoms with Crippen molar-refractivity contribution in [3.8, 4) is 0 Å². The Morgan fingerprint density at radius 3 is 2.44 bits per heavy atom. The normalized spacial score (nSPS) is 28.0. The molecule has 6 atom stereocenters. The first kappa shape index (κ1) is 25.3. The number of aliphatic hydroxyl groups excluding tert-OH is 2. The molecule has 21 heteroatoms. The molecule has 1 aliphatic rings. The number of phosphoric ester groups is 1. The van der Waals surface area contributed by atoms with Crippen LogP contribution >= 0.6 is 23.5 Å².